The van der Waals surface area contributed by atoms with Gasteiger partial charge in [0.1, 0.15) is 0 Å². The zero-order valence-corrected chi connectivity index (χ0v) is 17.2. The highest BCUT2D eigenvalue weighted by molar-refractivity contribution is 7.89. The Kier molecular flexibility index (Phi) is 5.14. The van der Waals surface area contributed by atoms with Gasteiger partial charge in [-0.25, -0.2) is 13.1 Å². The SMILES string of the molecule is CC(=O)N1c2ccc(S(=O)(=O)NCCn3nc(C)c(C)c3C)cc2C[C@H]1C. The van der Waals surface area contributed by atoms with Crippen LogP contribution in [0.4, 0.5) is 5.69 Å². The maximum Gasteiger partial charge on any atom is 0.240 e. The summed E-state index contributed by atoms with van der Waals surface area (Å²) in [4.78, 5) is 13.8. The van der Waals surface area contributed by atoms with Crippen LogP contribution < -0.4 is 9.62 Å². The number of carbonyl (C=O) groups is 1. The van der Waals surface area contributed by atoms with Crippen LogP contribution >= 0.6 is 0 Å². The van der Waals surface area contributed by atoms with E-state index in [9.17, 15) is 13.2 Å². The zero-order valence-electron chi connectivity index (χ0n) is 16.4. The standard InChI is InChI=1S/C19H26N4O3S/c1-12-10-17-11-18(6-7-19(17)23(12)16(5)24)27(25,26)20-8-9-22-15(4)13(2)14(3)21-22/h6-7,11-12,20H,8-10H2,1-5H3/t12-/m1/s1. The van der Waals surface area contributed by atoms with Crippen molar-refractivity contribution in [3.8, 4) is 0 Å². The molecule has 7 nitrogen and oxygen atoms in total. The first kappa shape index (κ1) is 19.6. The number of benzene rings is 1. The molecule has 1 aromatic carbocycles. The van der Waals surface area contributed by atoms with Gasteiger partial charge in [0, 0.05) is 30.9 Å². The molecule has 0 saturated carbocycles. The lowest BCUT2D eigenvalue weighted by Gasteiger charge is -2.20. The average molecular weight is 391 g/mol. The number of amides is 1. The zero-order chi connectivity index (χ0) is 19.9. The summed E-state index contributed by atoms with van der Waals surface area (Å²) in [7, 11) is -3.62. The Labute approximate surface area is 160 Å². The Morgan fingerprint density at radius 1 is 1.30 bits per heavy atom. The molecule has 2 aromatic rings. The minimum atomic E-state index is -3.62. The van der Waals surface area contributed by atoms with Crippen LogP contribution in [-0.4, -0.2) is 36.7 Å². The Morgan fingerprint density at radius 2 is 2.00 bits per heavy atom. The molecule has 1 aromatic heterocycles. The van der Waals surface area contributed by atoms with Crippen molar-refractivity contribution in [2.24, 2.45) is 0 Å². The number of hydrogen-bond acceptors (Lipinski definition) is 4. The molecule has 0 saturated heterocycles. The summed E-state index contributed by atoms with van der Waals surface area (Å²) in [5.74, 6) is -0.0323. The van der Waals surface area contributed by atoms with E-state index in [2.05, 4.69) is 9.82 Å². The minimum Gasteiger partial charge on any atom is -0.309 e. The molecule has 0 radical (unpaired) electrons. The summed E-state index contributed by atoms with van der Waals surface area (Å²) < 4.78 is 29.8. The normalized spacial score (nSPS) is 16.6. The lowest BCUT2D eigenvalue weighted by molar-refractivity contribution is -0.116. The third-order valence-electron chi connectivity index (χ3n) is 5.28. The van der Waals surface area contributed by atoms with Crippen molar-refractivity contribution >= 4 is 21.6 Å². The molecular formula is C19H26N4O3S. The van der Waals surface area contributed by atoms with Gasteiger partial charge in [0.2, 0.25) is 15.9 Å². The van der Waals surface area contributed by atoms with Gasteiger partial charge >= 0.3 is 0 Å². The van der Waals surface area contributed by atoms with Crippen LogP contribution in [0, 0.1) is 20.8 Å². The first-order chi connectivity index (χ1) is 12.6. The van der Waals surface area contributed by atoms with E-state index in [-0.39, 0.29) is 23.4 Å². The lowest BCUT2D eigenvalue weighted by atomic mass is 10.1. The second-order valence-corrected chi connectivity index (χ2v) is 8.92. The van der Waals surface area contributed by atoms with Crippen molar-refractivity contribution in [3.05, 3.63) is 40.7 Å². The Morgan fingerprint density at radius 3 is 2.59 bits per heavy atom. The van der Waals surface area contributed by atoms with E-state index < -0.39 is 10.0 Å². The molecule has 0 aliphatic carbocycles. The summed E-state index contributed by atoms with van der Waals surface area (Å²) in [6, 6.07) is 4.99. The topological polar surface area (TPSA) is 84.3 Å². The first-order valence-electron chi connectivity index (χ1n) is 9.05. The van der Waals surface area contributed by atoms with Gasteiger partial charge in [0.25, 0.3) is 0 Å². The number of anilines is 1. The van der Waals surface area contributed by atoms with Gasteiger partial charge in [-0.15, -0.1) is 0 Å². The summed E-state index contributed by atoms with van der Waals surface area (Å²) in [6.07, 6.45) is 0.656. The van der Waals surface area contributed by atoms with Crippen LogP contribution in [0.5, 0.6) is 0 Å². The van der Waals surface area contributed by atoms with E-state index in [1.165, 1.54) is 6.92 Å². The number of nitrogens with one attached hydrogen (secondary N) is 1. The molecule has 0 bridgehead atoms. The molecule has 1 amide bonds. The molecular weight excluding hydrogens is 364 g/mol. The summed E-state index contributed by atoms with van der Waals surface area (Å²) in [5, 5.41) is 4.43. The summed E-state index contributed by atoms with van der Waals surface area (Å²) in [6.45, 7) is 10.2. The van der Waals surface area contributed by atoms with Crippen molar-refractivity contribution in [2.45, 2.75) is 58.5 Å². The van der Waals surface area contributed by atoms with Crippen LogP contribution in [0.25, 0.3) is 0 Å². The lowest BCUT2D eigenvalue weighted by Crippen LogP contribution is -2.33. The number of carbonyl (C=O) groups excluding carboxylic acids is 1. The van der Waals surface area contributed by atoms with Gasteiger partial charge in [-0.05, 0) is 63.4 Å². The predicted octanol–water partition coefficient (Wildman–Crippen LogP) is 2.08. The highest BCUT2D eigenvalue weighted by atomic mass is 32.2. The van der Waals surface area contributed by atoms with Crippen molar-refractivity contribution in [1.29, 1.82) is 0 Å². The van der Waals surface area contributed by atoms with Gasteiger partial charge in [-0.3, -0.25) is 9.48 Å². The van der Waals surface area contributed by atoms with Crippen LogP contribution in [-0.2, 0) is 27.8 Å². The third-order valence-corrected chi connectivity index (χ3v) is 6.73. The number of nitrogens with zero attached hydrogens (tertiary/aromatic N) is 3. The number of rotatable bonds is 5. The van der Waals surface area contributed by atoms with E-state index in [4.69, 9.17) is 0 Å². The molecule has 0 fully saturated rings. The van der Waals surface area contributed by atoms with Crippen molar-refractivity contribution in [2.75, 3.05) is 11.4 Å². The monoisotopic (exact) mass is 390 g/mol. The maximum atomic E-state index is 12.7. The van der Waals surface area contributed by atoms with Gasteiger partial charge < -0.3 is 4.90 Å². The molecule has 146 valence electrons. The summed E-state index contributed by atoms with van der Waals surface area (Å²) >= 11 is 0. The molecule has 0 spiro atoms. The summed E-state index contributed by atoms with van der Waals surface area (Å²) in [5.41, 5.74) is 4.81. The molecule has 1 aliphatic rings. The Bertz CT molecular complexity index is 995. The quantitative estimate of drug-likeness (QED) is 0.847. The fraction of sp³-hybridized carbons (Fsp3) is 0.474. The Hall–Kier alpha value is -2.19. The van der Waals surface area contributed by atoms with Crippen LogP contribution in [0.2, 0.25) is 0 Å². The van der Waals surface area contributed by atoms with E-state index in [1.807, 2.05) is 32.4 Å². The molecule has 1 aliphatic heterocycles. The molecule has 27 heavy (non-hydrogen) atoms. The predicted molar refractivity (Wildman–Crippen MR) is 104 cm³/mol. The number of sulfonamides is 1. The van der Waals surface area contributed by atoms with Gasteiger partial charge in [0.15, 0.2) is 0 Å². The number of fused-ring (bicyclic) bond motifs is 1. The van der Waals surface area contributed by atoms with Gasteiger partial charge in [-0.2, -0.15) is 5.10 Å². The molecule has 3 rings (SSSR count). The van der Waals surface area contributed by atoms with Crippen LogP contribution in [0.1, 0.15) is 36.4 Å². The van der Waals surface area contributed by atoms with E-state index in [0.29, 0.717) is 13.0 Å². The third kappa shape index (κ3) is 3.64. The largest absolute Gasteiger partial charge is 0.309 e. The van der Waals surface area contributed by atoms with Crippen molar-refractivity contribution < 1.29 is 13.2 Å². The smallest absolute Gasteiger partial charge is 0.240 e. The minimum absolute atomic E-state index is 0.0323. The van der Waals surface area contributed by atoms with E-state index in [1.54, 1.807) is 23.1 Å². The average Bonchev–Trinajstić information content (AvgIpc) is 3.05. The number of aromatic nitrogens is 2. The van der Waals surface area contributed by atoms with Gasteiger partial charge in [-0.1, -0.05) is 0 Å². The Balaban J connectivity index is 1.73. The van der Waals surface area contributed by atoms with Crippen molar-refractivity contribution in [1.82, 2.24) is 14.5 Å². The number of aryl methyl sites for hydroxylation is 1. The molecule has 1 atom stereocenters. The molecule has 1 N–H and O–H groups in total. The van der Waals surface area contributed by atoms with Crippen LogP contribution in [0.15, 0.2) is 23.1 Å². The van der Waals surface area contributed by atoms with E-state index in [0.717, 1.165) is 28.2 Å². The fourth-order valence-electron chi connectivity index (χ4n) is 3.63. The maximum absolute atomic E-state index is 12.7. The fourth-order valence-corrected chi connectivity index (χ4v) is 4.70. The van der Waals surface area contributed by atoms with Gasteiger partial charge in [0.05, 0.1) is 17.1 Å². The molecule has 2 heterocycles. The number of hydrogen-bond donors (Lipinski definition) is 1. The van der Waals surface area contributed by atoms with Crippen molar-refractivity contribution in [3.63, 3.8) is 0 Å². The first-order valence-corrected chi connectivity index (χ1v) is 10.5. The second kappa shape index (κ2) is 7.09. The second-order valence-electron chi connectivity index (χ2n) is 7.15. The van der Waals surface area contributed by atoms with Crippen LogP contribution in [0.3, 0.4) is 0 Å². The highest BCUT2D eigenvalue weighted by Gasteiger charge is 2.30. The molecule has 0 unspecified atom stereocenters. The highest BCUT2D eigenvalue weighted by Crippen LogP contribution is 2.33. The van der Waals surface area contributed by atoms with E-state index >= 15 is 0 Å². The molecule has 8 heteroatoms.